The molecule has 0 spiro atoms. The molecule has 1 heterocycles. The smallest absolute Gasteiger partial charge is 0.404 e. The highest BCUT2D eigenvalue weighted by Gasteiger charge is 2.03. The number of tetrazole rings is 1. The van der Waals surface area contributed by atoms with Gasteiger partial charge in [0.2, 0.25) is 5.82 Å². The normalized spacial score (nSPS) is 10.0. The fourth-order valence-electron chi connectivity index (χ4n) is 1.28. The number of aromatic nitrogens is 4. The first-order valence-corrected chi connectivity index (χ1v) is 4.55. The summed E-state index contributed by atoms with van der Waals surface area (Å²) in [6.07, 6.45) is -1.05. The van der Waals surface area contributed by atoms with Crippen molar-refractivity contribution in [3.8, 4) is 11.4 Å². The second-order valence-corrected chi connectivity index (χ2v) is 3.09. The predicted molar refractivity (Wildman–Crippen MR) is 54.5 cm³/mol. The lowest BCUT2D eigenvalue weighted by molar-refractivity contribution is 0.194. The monoisotopic (exact) mass is 219 g/mol. The number of hydrogen-bond acceptors (Lipinski definition) is 4. The fourth-order valence-corrected chi connectivity index (χ4v) is 1.28. The Morgan fingerprint density at radius 1 is 1.50 bits per heavy atom. The molecule has 0 fully saturated rings. The van der Waals surface area contributed by atoms with Gasteiger partial charge in [0.15, 0.2) is 0 Å². The summed E-state index contributed by atoms with van der Waals surface area (Å²) in [6.45, 7) is 0.251. The van der Waals surface area contributed by atoms with Gasteiger partial charge in [-0.3, -0.25) is 0 Å². The Labute approximate surface area is 90.5 Å². The molecule has 1 aromatic carbocycles. The highest BCUT2D eigenvalue weighted by Crippen LogP contribution is 2.14. The van der Waals surface area contributed by atoms with Gasteiger partial charge in [-0.05, 0) is 16.8 Å². The van der Waals surface area contributed by atoms with Crippen molar-refractivity contribution in [2.24, 2.45) is 0 Å². The summed E-state index contributed by atoms with van der Waals surface area (Å²) < 4.78 is 0. The van der Waals surface area contributed by atoms with Crippen molar-refractivity contribution in [2.75, 3.05) is 0 Å². The number of carboxylic acid groups (broad SMARTS) is 1. The minimum Gasteiger partial charge on any atom is -0.465 e. The van der Waals surface area contributed by atoms with Crippen LogP contribution in [0.2, 0.25) is 0 Å². The van der Waals surface area contributed by atoms with E-state index in [0.29, 0.717) is 5.82 Å². The van der Waals surface area contributed by atoms with Gasteiger partial charge in [0, 0.05) is 12.1 Å². The topological polar surface area (TPSA) is 104 Å². The van der Waals surface area contributed by atoms with E-state index in [2.05, 4.69) is 25.9 Å². The lowest BCUT2D eigenvalue weighted by Crippen LogP contribution is -2.19. The van der Waals surface area contributed by atoms with Crippen molar-refractivity contribution < 1.29 is 9.90 Å². The molecule has 0 aliphatic rings. The Morgan fingerprint density at radius 2 is 2.38 bits per heavy atom. The highest BCUT2D eigenvalue weighted by atomic mass is 16.4. The Kier molecular flexibility index (Phi) is 2.77. The van der Waals surface area contributed by atoms with Gasteiger partial charge < -0.3 is 10.4 Å². The van der Waals surface area contributed by atoms with E-state index in [4.69, 9.17) is 5.11 Å². The third kappa shape index (κ3) is 2.32. The minimum absolute atomic E-state index is 0.251. The second-order valence-electron chi connectivity index (χ2n) is 3.09. The maximum absolute atomic E-state index is 10.3. The van der Waals surface area contributed by atoms with E-state index in [1.54, 1.807) is 6.07 Å². The molecule has 2 rings (SSSR count). The van der Waals surface area contributed by atoms with Crippen molar-refractivity contribution in [3.63, 3.8) is 0 Å². The first-order valence-electron chi connectivity index (χ1n) is 4.55. The first-order chi connectivity index (χ1) is 7.75. The van der Waals surface area contributed by atoms with Crippen LogP contribution in [0.3, 0.4) is 0 Å². The Balaban J connectivity index is 2.17. The molecule has 7 heteroatoms. The molecule has 82 valence electrons. The van der Waals surface area contributed by atoms with Gasteiger partial charge in [-0.2, -0.15) is 5.21 Å². The number of H-pyrrole nitrogens is 1. The van der Waals surface area contributed by atoms with E-state index in [1.165, 1.54) is 0 Å². The van der Waals surface area contributed by atoms with E-state index in [0.717, 1.165) is 11.1 Å². The molecule has 7 nitrogen and oxygen atoms in total. The summed E-state index contributed by atoms with van der Waals surface area (Å²) in [7, 11) is 0. The van der Waals surface area contributed by atoms with E-state index < -0.39 is 6.09 Å². The maximum atomic E-state index is 10.3. The summed E-state index contributed by atoms with van der Waals surface area (Å²) in [4.78, 5) is 10.3. The number of benzene rings is 1. The molecule has 0 aliphatic carbocycles. The number of rotatable bonds is 3. The molecule has 3 N–H and O–H groups in total. The molecule has 16 heavy (non-hydrogen) atoms. The maximum Gasteiger partial charge on any atom is 0.404 e. The third-order valence-corrected chi connectivity index (χ3v) is 1.97. The van der Waals surface area contributed by atoms with E-state index in [1.807, 2.05) is 18.2 Å². The zero-order chi connectivity index (χ0) is 11.4. The number of nitrogens with zero attached hydrogens (tertiary/aromatic N) is 3. The predicted octanol–water partition coefficient (Wildman–Crippen LogP) is 0.634. The zero-order valence-corrected chi connectivity index (χ0v) is 8.21. The van der Waals surface area contributed by atoms with Gasteiger partial charge in [-0.25, -0.2) is 4.79 Å². The highest BCUT2D eigenvalue weighted by molar-refractivity contribution is 5.64. The number of nitrogens with one attached hydrogen (secondary N) is 2. The summed E-state index contributed by atoms with van der Waals surface area (Å²) in [6, 6.07) is 7.26. The average Bonchev–Trinajstić information content (AvgIpc) is 2.80. The van der Waals surface area contributed by atoms with Crippen molar-refractivity contribution >= 4 is 6.09 Å². The van der Waals surface area contributed by atoms with E-state index >= 15 is 0 Å². The van der Waals surface area contributed by atoms with Crippen molar-refractivity contribution in [2.45, 2.75) is 6.54 Å². The molecule has 0 saturated carbocycles. The average molecular weight is 219 g/mol. The quantitative estimate of drug-likeness (QED) is 0.702. The van der Waals surface area contributed by atoms with E-state index in [9.17, 15) is 4.79 Å². The summed E-state index contributed by atoms with van der Waals surface area (Å²) in [5, 5.41) is 24.3. The summed E-state index contributed by atoms with van der Waals surface area (Å²) >= 11 is 0. The van der Waals surface area contributed by atoms with Crippen LogP contribution in [-0.2, 0) is 6.54 Å². The molecule has 0 bridgehead atoms. The molecular formula is C9H9N5O2. The minimum atomic E-state index is -1.05. The molecule has 0 unspecified atom stereocenters. The Bertz CT molecular complexity index is 482. The molecule has 0 radical (unpaired) electrons. The molecule has 0 aliphatic heterocycles. The molecule has 1 aromatic heterocycles. The van der Waals surface area contributed by atoms with Crippen LogP contribution < -0.4 is 5.32 Å². The molecular weight excluding hydrogens is 210 g/mol. The molecule has 1 amide bonds. The Hall–Kier alpha value is -2.44. The number of carbonyl (C=O) groups is 1. The van der Waals surface area contributed by atoms with Crippen molar-refractivity contribution in [3.05, 3.63) is 29.8 Å². The number of aromatic amines is 1. The van der Waals surface area contributed by atoms with Crippen molar-refractivity contribution in [1.82, 2.24) is 25.9 Å². The number of amides is 1. The van der Waals surface area contributed by atoms with Crippen LogP contribution in [-0.4, -0.2) is 31.8 Å². The SMILES string of the molecule is O=C(O)NCc1cccc(-c2nn[nH]n2)c1. The summed E-state index contributed by atoms with van der Waals surface area (Å²) in [5.41, 5.74) is 1.63. The van der Waals surface area contributed by atoms with Gasteiger partial charge in [0.05, 0.1) is 0 Å². The van der Waals surface area contributed by atoms with Gasteiger partial charge in [0.25, 0.3) is 0 Å². The third-order valence-electron chi connectivity index (χ3n) is 1.97. The first kappa shape index (κ1) is 10.1. The van der Waals surface area contributed by atoms with Crippen LogP contribution in [0.1, 0.15) is 5.56 Å². The van der Waals surface area contributed by atoms with Crippen LogP contribution in [0.25, 0.3) is 11.4 Å². The fraction of sp³-hybridized carbons (Fsp3) is 0.111. The molecule has 2 aromatic rings. The largest absolute Gasteiger partial charge is 0.465 e. The van der Waals surface area contributed by atoms with E-state index in [-0.39, 0.29) is 6.54 Å². The van der Waals surface area contributed by atoms with Gasteiger partial charge >= 0.3 is 6.09 Å². The van der Waals surface area contributed by atoms with Gasteiger partial charge in [-0.1, -0.05) is 18.2 Å². The van der Waals surface area contributed by atoms with Crippen LogP contribution in [0, 0.1) is 0 Å². The Morgan fingerprint density at radius 3 is 3.06 bits per heavy atom. The molecule has 0 atom stereocenters. The zero-order valence-electron chi connectivity index (χ0n) is 8.21. The number of hydrogen-bond donors (Lipinski definition) is 3. The molecule has 0 saturated heterocycles. The summed E-state index contributed by atoms with van der Waals surface area (Å²) in [5.74, 6) is 0.483. The van der Waals surface area contributed by atoms with Crippen LogP contribution in [0.15, 0.2) is 24.3 Å². The second kappa shape index (κ2) is 4.39. The van der Waals surface area contributed by atoms with Gasteiger partial charge in [-0.15, -0.1) is 10.2 Å². The lowest BCUT2D eigenvalue weighted by Gasteiger charge is -2.02. The standard InChI is InChI=1S/C9H9N5O2/c15-9(16)10-5-6-2-1-3-7(4-6)8-11-13-14-12-8/h1-4,10H,5H2,(H,15,16)(H,11,12,13,14). The van der Waals surface area contributed by atoms with Crippen LogP contribution >= 0.6 is 0 Å². The van der Waals surface area contributed by atoms with Crippen LogP contribution in [0.5, 0.6) is 0 Å². The van der Waals surface area contributed by atoms with Crippen molar-refractivity contribution in [1.29, 1.82) is 0 Å². The van der Waals surface area contributed by atoms with Crippen LogP contribution in [0.4, 0.5) is 4.79 Å². The van der Waals surface area contributed by atoms with Gasteiger partial charge in [0.1, 0.15) is 0 Å². The lowest BCUT2D eigenvalue weighted by atomic mass is 10.1.